The summed E-state index contributed by atoms with van der Waals surface area (Å²) in [6.07, 6.45) is 2.12. The van der Waals surface area contributed by atoms with Crippen LogP contribution in [0.2, 0.25) is 0 Å². The number of tetrazole rings is 1. The van der Waals surface area contributed by atoms with Crippen molar-refractivity contribution in [2.24, 2.45) is 5.92 Å². The molecule has 6 heteroatoms. The van der Waals surface area contributed by atoms with Crippen molar-refractivity contribution in [1.29, 1.82) is 0 Å². The van der Waals surface area contributed by atoms with Gasteiger partial charge in [-0.25, -0.2) is 4.68 Å². The zero-order valence-electron chi connectivity index (χ0n) is 12.3. The van der Waals surface area contributed by atoms with E-state index in [1.165, 1.54) is 0 Å². The second-order valence-electron chi connectivity index (χ2n) is 5.68. The van der Waals surface area contributed by atoms with Gasteiger partial charge in [0.05, 0.1) is 12.6 Å². The summed E-state index contributed by atoms with van der Waals surface area (Å²) < 4.78 is 2.05. The lowest BCUT2D eigenvalue weighted by atomic mass is 10.2. The van der Waals surface area contributed by atoms with Crippen molar-refractivity contribution in [1.82, 2.24) is 25.5 Å². The predicted octanol–water partition coefficient (Wildman–Crippen LogP) is 2.12. The second kappa shape index (κ2) is 6.52. The lowest BCUT2D eigenvalue weighted by Crippen LogP contribution is -2.29. The minimum Gasteiger partial charge on any atom is -0.307 e. The first-order valence-corrected chi connectivity index (χ1v) is 7.63. The molecule has 1 aromatic rings. The van der Waals surface area contributed by atoms with Crippen LogP contribution in [0.4, 0.5) is 0 Å². The molecule has 0 aliphatic rings. The van der Waals surface area contributed by atoms with Crippen LogP contribution in [-0.4, -0.2) is 37.8 Å². The lowest BCUT2D eigenvalue weighted by molar-refractivity contribution is 0.433. The van der Waals surface area contributed by atoms with Crippen molar-refractivity contribution >= 4 is 11.8 Å². The Balaban J connectivity index is 2.70. The highest BCUT2D eigenvalue weighted by Gasteiger charge is 2.22. The van der Waals surface area contributed by atoms with Crippen molar-refractivity contribution in [3.8, 4) is 0 Å². The van der Waals surface area contributed by atoms with Gasteiger partial charge in [0.15, 0.2) is 5.82 Å². The first kappa shape index (κ1) is 15.4. The number of hydrogen-bond donors (Lipinski definition) is 1. The highest BCUT2D eigenvalue weighted by Crippen LogP contribution is 2.24. The molecule has 0 saturated carbocycles. The molecule has 104 valence electrons. The number of hydrogen-bond acceptors (Lipinski definition) is 5. The molecule has 1 N–H and O–H groups in total. The first-order valence-electron chi connectivity index (χ1n) is 6.40. The minimum absolute atomic E-state index is 0.141. The molecule has 1 atom stereocenters. The highest BCUT2D eigenvalue weighted by molar-refractivity contribution is 7.99. The molecule has 0 aliphatic heterocycles. The monoisotopic (exact) mass is 271 g/mol. The Morgan fingerprint density at radius 3 is 2.56 bits per heavy atom. The van der Waals surface area contributed by atoms with Crippen LogP contribution in [0.3, 0.4) is 0 Å². The summed E-state index contributed by atoms with van der Waals surface area (Å²) in [6, 6.07) is 0.181. The molecule has 0 aromatic carbocycles. The maximum atomic E-state index is 4.14. The molecule has 0 spiro atoms. The maximum Gasteiger partial charge on any atom is 0.167 e. The summed E-state index contributed by atoms with van der Waals surface area (Å²) in [6.45, 7) is 12.7. The van der Waals surface area contributed by atoms with E-state index >= 15 is 0 Å². The van der Waals surface area contributed by atoms with Gasteiger partial charge in [-0.1, -0.05) is 13.8 Å². The predicted molar refractivity (Wildman–Crippen MR) is 76.7 cm³/mol. The van der Waals surface area contributed by atoms with E-state index in [1.807, 2.05) is 16.4 Å². The van der Waals surface area contributed by atoms with E-state index in [9.17, 15) is 0 Å². The number of thioether (sulfide) groups is 1. The summed E-state index contributed by atoms with van der Waals surface area (Å²) in [7, 11) is 0. The average Bonchev–Trinajstić information content (AvgIpc) is 2.73. The molecule has 0 radical (unpaired) electrons. The van der Waals surface area contributed by atoms with Gasteiger partial charge in [0.25, 0.3) is 0 Å². The van der Waals surface area contributed by atoms with E-state index < -0.39 is 0 Å². The van der Waals surface area contributed by atoms with E-state index in [4.69, 9.17) is 0 Å². The van der Waals surface area contributed by atoms with Crippen molar-refractivity contribution in [3.05, 3.63) is 5.82 Å². The van der Waals surface area contributed by atoms with Crippen molar-refractivity contribution in [3.63, 3.8) is 0 Å². The van der Waals surface area contributed by atoms with Gasteiger partial charge in [-0.2, -0.15) is 11.8 Å². The minimum atomic E-state index is 0.141. The van der Waals surface area contributed by atoms with Gasteiger partial charge >= 0.3 is 0 Å². The number of nitrogens with zero attached hydrogens (tertiary/aromatic N) is 4. The Morgan fingerprint density at radius 2 is 2.00 bits per heavy atom. The fraction of sp³-hybridized carbons (Fsp3) is 0.917. The fourth-order valence-corrected chi connectivity index (χ4v) is 1.81. The van der Waals surface area contributed by atoms with E-state index in [2.05, 4.69) is 61.7 Å². The maximum absolute atomic E-state index is 4.14. The van der Waals surface area contributed by atoms with Gasteiger partial charge in [-0.3, -0.25) is 0 Å². The van der Waals surface area contributed by atoms with E-state index in [0.717, 1.165) is 18.9 Å². The summed E-state index contributed by atoms with van der Waals surface area (Å²) >= 11 is 1.83. The van der Waals surface area contributed by atoms with Crippen LogP contribution < -0.4 is 5.32 Å². The standard InChI is InChI=1S/C12H25N5S/c1-9(2)7-13-10(3)11-14-15-16-17(11)8-12(4,5)18-6/h9-10,13H,7-8H2,1-6H3. The second-order valence-corrected chi connectivity index (χ2v) is 7.20. The normalized spacial score (nSPS) is 14.2. The number of rotatable bonds is 7. The molecule has 0 saturated heterocycles. The molecule has 0 amide bonds. The number of aromatic nitrogens is 4. The van der Waals surface area contributed by atoms with Gasteiger partial charge in [0.2, 0.25) is 0 Å². The zero-order valence-corrected chi connectivity index (χ0v) is 13.1. The van der Waals surface area contributed by atoms with Crippen LogP contribution >= 0.6 is 11.8 Å². The Morgan fingerprint density at radius 1 is 1.33 bits per heavy atom. The van der Waals surface area contributed by atoms with Crippen molar-refractivity contribution in [2.45, 2.75) is 52.0 Å². The van der Waals surface area contributed by atoms with Gasteiger partial charge < -0.3 is 5.32 Å². The Kier molecular flexibility index (Phi) is 5.59. The molecule has 0 bridgehead atoms. The zero-order chi connectivity index (χ0) is 13.8. The Hall–Kier alpha value is -0.620. The SMILES string of the molecule is CSC(C)(C)Cn1nnnc1C(C)NCC(C)C. The summed E-state index contributed by atoms with van der Waals surface area (Å²) in [5.41, 5.74) is 0. The topological polar surface area (TPSA) is 55.6 Å². The molecule has 0 aliphatic carbocycles. The van der Waals surface area contributed by atoms with Crippen LogP contribution in [0.25, 0.3) is 0 Å². The molecule has 0 fully saturated rings. The third kappa shape index (κ3) is 4.57. The van der Waals surface area contributed by atoms with Gasteiger partial charge in [-0.15, -0.1) is 5.10 Å². The Bertz CT molecular complexity index is 361. The van der Waals surface area contributed by atoms with Crippen molar-refractivity contribution in [2.75, 3.05) is 12.8 Å². The Labute approximate surface area is 114 Å². The van der Waals surface area contributed by atoms with E-state index in [1.54, 1.807) is 0 Å². The molecule has 1 unspecified atom stereocenters. The summed E-state index contributed by atoms with van der Waals surface area (Å²) in [5, 5.41) is 15.5. The molecule has 1 aromatic heterocycles. The fourth-order valence-electron chi connectivity index (χ4n) is 1.56. The van der Waals surface area contributed by atoms with Gasteiger partial charge in [-0.05, 0) is 49.9 Å². The van der Waals surface area contributed by atoms with Crippen LogP contribution in [0.15, 0.2) is 0 Å². The third-order valence-electron chi connectivity index (χ3n) is 2.86. The summed E-state index contributed by atoms with van der Waals surface area (Å²) in [4.78, 5) is 0. The van der Waals surface area contributed by atoms with Crippen LogP contribution in [0.1, 0.15) is 46.5 Å². The third-order valence-corrected chi connectivity index (χ3v) is 4.10. The van der Waals surface area contributed by atoms with Gasteiger partial charge in [0.1, 0.15) is 0 Å². The smallest absolute Gasteiger partial charge is 0.167 e. The van der Waals surface area contributed by atoms with Crippen LogP contribution in [0, 0.1) is 5.92 Å². The molecule has 5 nitrogen and oxygen atoms in total. The molecule has 1 rings (SSSR count). The van der Waals surface area contributed by atoms with E-state index in [0.29, 0.717) is 5.92 Å². The first-order chi connectivity index (χ1) is 8.35. The summed E-state index contributed by atoms with van der Waals surface area (Å²) in [5.74, 6) is 1.54. The molecular weight excluding hydrogens is 246 g/mol. The van der Waals surface area contributed by atoms with Gasteiger partial charge in [0, 0.05) is 4.75 Å². The highest BCUT2D eigenvalue weighted by atomic mass is 32.2. The quantitative estimate of drug-likeness (QED) is 0.823. The van der Waals surface area contributed by atoms with Crippen LogP contribution in [-0.2, 0) is 6.54 Å². The van der Waals surface area contributed by atoms with E-state index in [-0.39, 0.29) is 10.8 Å². The lowest BCUT2D eigenvalue weighted by Gasteiger charge is -2.23. The van der Waals surface area contributed by atoms with Crippen LogP contribution in [0.5, 0.6) is 0 Å². The van der Waals surface area contributed by atoms with Crippen molar-refractivity contribution < 1.29 is 0 Å². The average molecular weight is 271 g/mol. The molecular formula is C12H25N5S. The molecule has 18 heavy (non-hydrogen) atoms. The number of nitrogens with one attached hydrogen (secondary N) is 1. The molecule has 1 heterocycles. The largest absolute Gasteiger partial charge is 0.307 e.